The molecule has 0 heterocycles. The van der Waals surface area contributed by atoms with Gasteiger partial charge in [0.15, 0.2) is 12.4 Å². The van der Waals surface area contributed by atoms with Crippen molar-refractivity contribution in [1.82, 2.24) is 5.32 Å². The van der Waals surface area contributed by atoms with Crippen molar-refractivity contribution in [1.29, 1.82) is 0 Å². The molecule has 1 rings (SSSR count). The third-order valence-corrected chi connectivity index (χ3v) is 2.28. The van der Waals surface area contributed by atoms with Gasteiger partial charge in [0.05, 0.1) is 5.56 Å². The van der Waals surface area contributed by atoms with Crippen LogP contribution < -0.4 is 15.8 Å². The number of nitrogens with two attached hydrogens (primary N) is 1. The number of carbonyl (C=O) groups is 3. The first kappa shape index (κ1) is 13.7. The minimum absolute atomic E-state index is 0.319. The Hall–Kier alpha value is -2.37. The molecule has 0 spiro atoms. The molecule has 3 amide bonds. The molecule has 0 aliphatic heterocycles. The topological polar surface area (TPSA) is 98.5 Å². The van der Waals surface area contributed by atoms with Crippen LogP contribution in [-0.2, 0) is 4.79 Å². The lowest BCUT2D eigenvalue weighted by Crippen LogP contribution is -2.42. The highest BCUT2D eigenvalue weighted by atomic mass is 16.5. The maximum absolute atomic E-state index is 11.4. The quantitative estimate of drug-likeness (QED) is 0.771. The highest BCUT2D eigenvalue weighted by molar-refractivity contribution is 5.95. The molecular formula is C12H14N2O4. The number of primary amides is 1. The van der Waals surface area contributed by atoms with Crippen molar-refractivity contribution >= 4 is 18.2 Å². The van der Waals surface area contributed by atoms with Gasteiger partial charge in [-0.15, -0.1) is 0 Å². The van der Waals surface area contributed by atoms with Crippen molar-refractivity contribution < 1.29 is 19.1 Å². The third-order valence-electron chi connectivity index (χ3n) is 2.28. The van der Waals surface area contributed by atoms with E-state index in [9.17, 15) is 14.4 Å². The smallest absolute Gasteiger partial charge is 0.318 e. The Balaban J connectivity index is 2.87. The van der Waals surface area contributed by atoms with E-state index in [0.717, 1.165) is 5.56 Å². The molecule has 96 valence electrons. The fraction of sp³-hybridized carbons (Fsp3) is 0.250. The molecule has 1 aromatic rings. The number of aldehydes is 1. The monoisotopic (exact) mass is 250 g/mol. The molecule has 18 heavy (non-hydrogen) atoms. The maximum atomic E-state index is 11.4. The summed E-state index contributed by atoms with van der Waals surface area (Å²) in [5.41, 5.74) is 5.89. The van der Waals surface area contributed by atoms with Crippen LogP contribution in [0.1, 0.15) is 22.8 Å². The summed E-state index contributed by atoms with van der Waals surface area (Å²) in [4.78, 5) is 32.8. The lowest BCUT2D eigenvalue weighted by atomic mass is 10.1. The number of aryl methyl sites for hydroxylation is 1. The first-order valence-corrected chi connectivity index (χ1v) is 5.27. The molecule has 0 saturated heterocycles. The van der Waals surface area contributed by atoms with Gasteiger partial charge in [-0.05, 0) is 25.5 Å². The van der Waals surface area contributed by atoms with Crippen LogP contribution in [0, 0.1) is 6.92 Å². The van der Waals surface area contributed by atoms with Gasteiger partial charge in [0.1, 0.15) is 5.75 Å². The Morgan fingerprint density at radius 3 is 2.67 bits per heavy atom. The van der Waals surface area contributed by atoms with E-state index in [1.54, 1.807) is 25.1 Å². The number of ether oxygens (including phenoxy) is 1. The maximum Gasteiger partial charge on any atom is 0.318 e. The fourth-order valence-electron chi connectivity index (χ4n) is 1.38. The largest absolute Gasteiger partial charge is 0.480 e. The zero-order valence-electron chi connectivity index (χ0n) is 10.1. The summed E-state index contributed by atoms with van der Waals surface area (Å²) in [6.45, 7) is 3.21. The van der Waals surface area contributed by atoms with Gasteiger partial charge in [0, 0.05) is 0 Å². The van der Waals surface area contributed by atoms with Crippen molar-refractivity contribution in [3.05, 3.63) is 29.3 Å². The summed E-state index contributed by atoms with van der Waals surface area (Å²) >= 11 is 0. The van der Waals surface area contributed by atoms with Gasteiger partial charge in [-0.1, -0.05) is 12.1 Å². The van der Waals surface area contributed by atoms with E-state index in [2.05, 4.69) is 0 Å². The Kier molecular flexibility index (Phi) is 4.42. The van der Waals surface area contributed by atoms with Gasteiger partial charge in [0.2, 0.25) is 0 Å². The van der Waals surface area contributed by atoms with E-state index in [1.807, 2.05) is 5.32 Å². The summed E-state index contributed by atoms with van der Waals surface area (Å²) < 4.78 is 5.38. The first-order valence-electron chi connectivity index (χ1n) is 5.27. The number of urea groups is 1. The Morgan fingerprint density at radius 2 is 2.11 bits per heavy atom. The Labute approximate surface area is 104 Å². The van der Waals surface area contributed by atoms with Crippen LogP contribution in [0.25, 0.3) is 0 Å². The van der Waals surface area contributed by atoms with Crippen LogP contribution in [0.2, 0.25) is 0 Å². The second-order valence-electron chi connectivity index (χ2n) is 3.72. The molecule has 0 radical (unpaired) electrons. The van der Waals surface area contributed by atoms with E-state index in [1.165, 1.54) is 6.92 Å². The lowest BCUT2D eigenvalue weighted by molar-refractivity contribution is -0.126. The van der Waals surface area contributed by atoms with Crippen LogP contribution in [0.15, 0.2) is 18.2 Å². The number of hydrogen-bond donors (Lipinski definition) is 2. The molecule has 0 saturated carbocycles. The lowest BCUT2D eigenvalue weighted by Gasteiger charge is -2.16. The molecule has 0 fully saturated rings. The summed E-state index contributed by atoms with van der Waals surface area (Å²) in [6, 6.07) is 4.09. The molecule has 1 unspecified atom stereocenters. The van der Waals surface area contributed by atoms with Crippen LogP contribution in [0.4, 0.5) is 4.79 Å². The van der Waals surface area contributed by atoms with Crippen LogP contribution >= 0.6 is 0 Å². The van der Waals surface area contributed by atoms with Crippen molar-refractivity contribution in [2.75, 3.05) is 0 Å². The highest BCUT2D eigenvalue weighted by Gasteiger charge is 2.18. The van der Waals surface area contributed by atoms with Crippen LogP contribution in [-0.4, -0.2) is 24.3 Å². The van der Waals surface area contributed by atoms with Gasteiger partial charge >= 0.3 is 6.03 Å². The molecular weight excluding hydrogens is 236 g/mol. The summed E-state index contributed by atoms with van der Waals surface area (Å²) in [7, 11) is 0. The molecule has 1 aromatic carbocycles. The average molecular weight is 250 g/mol. The van der Waals surface area contributed by atoms with Crippen molar-refractivity contribution in [2.24, 2.45) is 5.73 Å². The predicted octanol–water partition coefficient (Wildman–Crippen LogP) is 0.770. The normalized spacial score (nSPS) is 11.4. The summed E-state index contributed by atoms with van der Waals surface area (Å²) in [5.74, 6) is -0.345. The Bertz CT molecular complexity index is 485. The molecule has 0 aromatic heterocycles. The number of rotatable bonds is 4. The Morgan fingerprint density at radius 1 is 1.44 bits per heavy atom. The van der Waals surface area contributed by atoms with Gasteiger partial charge in [-0.3, -0.25) is 14.9 Å². The number of hydrogen-bond acceptors (Lipinski definition) is 4. The zero-order chi connectivity index (χ0) is 13.7. The minimum atomic E-state index is -0.948. The van der Waals surface area contributed by atoms with Crippen molar-refractivity contribution in [3.8, 4) is 5.75 Å². The van der Waals surface area contributed by atoms with E-state index in [-0.39, 0.29) is 0 Å². The molecule has 0 aliphatic rings. The van der Waals surface area contributed by atoms with E-state index < -0.39 is 18.0 Å². The second kappa shape index (κ2) is 5.81. The molecule has 1 atom stereocenters. The standard InChI is InChI=1S/C12H14N2O4/c1-7-4-3-5-9(6-15)10(7)18-8(2)11(16)14-12(13)17/h3-6,8H,1-2H3,(H3,13,14,16,17). The van der Waals surface area contributed by atoms with Gasteiger partial charge < -0.3 is 10.5 Å². The van der Waals surface area contributed by atoms with Gasteiger partial charge in [0.25, 0.3) is 5.91 Å². The van der Waals surface area contributed by atoms with Crippen molar-refractivity contribution in [3.63, 3.8) is 0 Å². The number of nitrogens with one attached hydrogen (secondary N) is 1. The summed E-state index contributed by atoms with van der Waals surface area (Å²) in [6.07, 6.45) is -0.293. The SMILES string of the molecule is Cc1cccc(C=O)c1OC(C)C(=O)NC(N)=O. The van der Waals surface area contributed by atoms with E-state index in [0.29, 0.717) is 17.6 Å². The minimum Gasteiger partial charge on any atom is -0.480 e. The highest BCUT2D eigenvalue weighted by Crippen LogP contribution is 2.23. The summed E-state index contributed by atoms with van der Waals surface area (Å²) in [5, 5.41) is 1.91. The number of carbonyl (C=O) groups excluding carboxylic acids is 3. The first-order chi connectivity index (χ1) is 8.45. The van der Waals surface area contributed by atoms with Gasteiger partial charge in [-0.2, -0.15) is 0 Å². The molecule has 0 aliphatic carbocycles. The van der Waals surface area contributed by atoms with Crippen molar-refractivity contribution in [2.45, 2.75) is 20.0 Å². The predicted molar refractivity (Wildman–Crippen MR) is 64.4 cm³/mol. The number of para-hydroxylation sites is 1. The number of benzene rings is 1. The molecule has 0 bridgehead atoms. The van der Waals surface area contributed by atoms with E-state index in [4.69, 9.17) is 10.5 Å². The molecule has 3 N–H and O–H groups in total. The second-order valence-corrected chi connectivity index (χ2v) is 3.72. The molecule has 6 heteroatoms. The van der Waals surface area contributed by atoms with Crippen LogP contribution in [0.3, 0.4) is 0 Å². The van der Waals surface area contributed by atoms with E-state index >= 15 is 0 Å². The third kappa shape index (κ3) is 3.31. The zero-order valence-corrected chi connectivity index (χ0v) is 10.1. The molecule has 6 nitrogen and oxygen atoms in total. The number of amides is 3. The average Bonchev–Trinajstić information content (AvgIpc) is 2.30. The van der Waals surface area contributed by atoms with Gasteiger partial charge in [-0.25, -0.2) is 4.79 Å². The fourth-order valence-corrected chi connectivity index (χ4v) is 1.38. The van der Waals surface area contributed by atoms with Crippen LogP contribution in [0.5, 0.6) is 5.75 Å². The number of imide groups is 1.